The zero-order valence-electron chi connectivity index (χ0n) is 12.5. The van der Waals surface area contributed by atoms with Crippen molar-refractivity contribution in [1.29, 1.82) is 0 Å². The number of aromatic nitrogens is 2. The number of carbonyl (C=O) groups is 1. The van der Waals surface area contributed by atoms with Gasteiger partial charge in [0.15, 0.2) is 0 Å². The number of amides is 1. The molecule has 0 saturated heterocycles. The van der Waals surface area contributed by atoms with Gasteiger partial charge in [0.05, 0.1) is 0 Å². The molecule has 22 heavy (non-hydrogen) atoms. The van der Waals surface area contributed by atoms with Crippen LogP contribution in [-0.2, 0) is 0 Å². The number of hydrogen-bond acceptors (Lipinski definition) is 4. The molecule has 2 aromatic rings. The van der Waals surface area contributed by atoms with Crippen LogP contribution in [0.5, 0.6) is 0 Å². The van der Waals surface area contributed by atoms with Crippen LogP contribution in [0.25, 0.3) is 0 Å². The number of carbonyl (C=O) groups excluding carboxylic acids is 1. The zero-order chi connectivity index (χ0) is 16.1. The van der Waals surface area contributed by atoms with Crippen molar-refractivity contribution in [2.24, 2.45) is 0 Å². The minimum absolute atomic E-state index is 0.250. The van der Waals surface area contributed by atoms with Crippen LogP contribution in [0.2, 0.25) is 0 Å². The molecule has 0 radical (unpaired) electrons. The molecule has 2 N–H and O–H groups in total. The van der Waals surface area contributed by atoms with Gasteiger partial charge in [-0.1, -0.05) is 22.0 Å². The van der Waals surface area contributed by atoms with E-state index in [2.05, 4.69) is 43.1 Å². The Balaban J connectivity index is 2.23. The molecule has 5 nitrogen and oxygen atoms in total. The van der Waals surface area contributed by atoms with Crippen molar-refractivity contribution in [3.8, 4) is 0 Å². The molecule has 6 heteroatoms. The summed E-state index contributed by atoms with van der Waals surface area (Å²) in [5.74, 6) is 0.862. The fourth-order valence-electron chi connectivity index (χ4n) is 1.87. The second kappa shape index (κ2) is 7.17. The maximum atomic E-state index is 12.0. The van der Waals surface area contributed by atoms with E-state index in [1.54, 1.807) is 19.1 Å². The Labute approximate surface area is 138 Å². The van der Waals surface area contributed by atoms with Gasteiger partial charge >= 0.3 is 0 Å². The van der Waals surface area contributed by atoms with Crippen LogP contribution in [0.4, 0.5) is 11.5 Å². The first kappa shape index (κ1) is 16.2. The highest BCUT2D eigenvalue weighted by atomic mass is 79.9. The Kier molecular flexibility index (Phi) is 5.27. The van der Waals surface area contributed by atoms with Crippen molar-refractivity contribution in [3.05, 3.63) is 58.5 Å². The van der Waals surface area contributed by atoms with E-state index in [-0.39, 0.29) is 5.91 Å². The molecular formula is C16H17BrN4O. The lowest BCUT2D eigenvalue weighted by molar-refractivity contribution is 0.0952. The van der Waals surface area contributed by atoms with Gasteiger partial charge in [-0.3, -0.25) is 4.79 Å². The highest BCUT2D eigenvalue weighted by molar-refractivity contribution is 9.10. The van der Waals surface area contributed by atoms with Gasteiger partial charge in [0.25, 0.3) is 5.91 Å². The second-order valence-corrected chi connectivity index (χ2v) is 5.63. The number of rotatable bonds is 5. The van der Waals surface area contributed by atoms with Gasteiger partial charge in [0.1, 0.15) is 17.3 Å². The van der Waals surface area contributed by atoms with Crippen LogP contribution < -0.4 is 10.6 Å². The molecule has 114 valence electrons. The normalized spacial score (nSPS) is 10.1. The van der Waals surface area contributed by atoms with Gasteiger partial charge in [-0.25, -0.2) is 9.97 Å². The number of nitrogens with zero attached hydrogens (tertiary/aromatic N) is 2. The summed E-state index contributed by atoms with van der Waals surface area (Å²) in [6.45, 7) is 7.73. The summed E-state index contributed by atoms with van der Waals surface area (Å²) < 4.78 is 1.04. The van der Waals surface area contributed by atoms with Gasteiger partial charge in [-0.2, -0.15) is 0 Å². The maximum Gasteiger partial charge on any atom is 0.270 e. The van der Waals surface area contributed by atoms with Gasteiger partial charge in [0, 0.05) is 22.8 Å². The number of nitrogens with one attached hydrogen (secondary N) is 2. The van der Waals surface area contributed by atoms with Crippen LogP contribution in [-0.4, -0.2) is 22.4 Å². The lowest BCUT2D eigenvalue weighted by Gasteiger charge is -2.10. The number of aryl methyl sites for hydroxylation is 2. The average molecular weight is 361 g/mol. The van der Waals surface area contributed by atoms with E-state index in [1.165, 1.54) is 0 Å². The van der Waals surface area contributed by atoms with Crippen molar-refractivity contribution >= 4 is 33.3 Å². The molecule has 0 aliphatic heterocycles. The van der Waals surface area contributed by atoms with Crippen LogP contribution in [0.15, 0.2) is 41.4 Å². The molecule has 0 fully saturated rings. The number of anilines is 2. The molecule has 1 aromatic carbocycles. The van der Waals surface area contributed by atoms with Gasteiger partial charge in [-0.05, 0) is 37.6 Å². The zero-order valence-corrected chi connectivity index (χ0v) is 14.1. The van der Waals surface area contributed by atoms with Crippen LogP contribution >= 0.6 is 15.9 Å². The molecule has 1 aromatic heterocycles. The monoisotopic (exact) mass is 360 g/mol. The Bertz CT molecular complexity index is 715. The van der Waals surface area contributed by atoms with E-state index in [0.717, 1.165) is 15.7 Å². The maximum absolute atomic E-state index is 12.0. The van der Waals surface area contributed by atoms with E-state index >= 15 is 0 Å². The smallest absolute Gasteiger partial charge is 0.270 e. The van der Waals surface area contributed by atoms with Crippen molar-refractivity contribution in [1.82, 2.24) is 15.3 Å². The van der Waals surface area contributed by atoms with E-state index in [1.807, 2.05) is 25.1 Å². The first-order chi connectivity index (χ1) is 10.5. The Morgan fingerprint density at radius 3 is 2.77 bits per heavy atom. The summed E-state index contributed by atoms with van der Waals surface area (Å²) in [5, 5.41) is 5.89. The van der Waals surface area contributed by atoms with Gasteiger partial charge in [-0.15, -0.1) is 6.58 Å². The number of hydrogen-bond donors (Lipinski definition) is 2. The fourth-order valence-corrected chi connectivity index (χ4v) is 2.12. The predicted octanol–water partition coefficient (Wildman–Crippen LogP) is 3.52. The van der Waals surface area contributed by atoms with E-state index in [9.17, 15) is 4.79 Å². The van der Waals surface area contributed by atoms with E-state index in [4.69, 9.17) is 0 Å². The SMILES string of the molecule is C=CCNC(=O)c1cc(Nc2ccc(Br)c(C)c2)nc(C)n1. The minimum atomic E-state index is -0.250. The number of benzene rings is 1. The third-order valence-electron chi connectivity index (χ3n) is 2.91. The van der Waals surface area contributed by atoms with E-state index in [0.29, 0.717) is 23.9 Å². The first-order valence-electron chi connectivity index (χ1n) is 6.77. The third-order valence-corrected chi connectivity index (χ3v) is 3.80. The average Bonchev–Trinajstić information content (AvgIpc) is 2.48. The molecular weight excluding hydrogens is 344 g/mol. The summed E-state index contributed by atoms with van der Waals surface area (Å²) in [7, 11) is 0. The third kappa shape index (κ3) is 4.14. The van der Waals surface area contributed by atoms with Crippen LogP contribution in [0, 0.1) is 13.8 Å². The summed E-state index contributed by atoms with van der Waals surface area (Å²) in [6, 6.07) is 7.52. The lowest BCUT2D eigenvalue weighted by Crippen LogP contribution is -2.24. The molecule has 0 unspecified atom stereocenters. The summed E-state index contributed by atoms with van der Waals surface area (Å²) in [5.41, 5.74) is 2.33. The largest absolute Gasteiger partial charge is 0.347 e. The number of halogens is 1. The highest BCUT2D eigenvalue weighted by Crippen LogP contribution is 2.22. The van der Waals surface area contributed by atoms with Crippen molar-refractivity contribution < 1.29 is 4.79 Å². The van der Waals surface area contributed by atoms with E-state index < -0.39 is 0 Å². The van der Waals surface area contributed by atoms with Crippen LogP contribution in [0.3, 0.4) is 0 Å². The van der Waals surface area contributed by atoms with Crippen molar-refractivity contribution in [3.63, 3.8) is 0 Å². The molecule has 0 spiro atoms. The molecule has 1 amide bonds. The Hall–Kier alpha value is -2.21. The summed E-state index contributed by atoms with van der Waals surface area (Å²) in [4.78, 5) is 20.4. The van der Waals surface area contributed by atoms with Crippen LogP contribution in [0.1, 0.15) is 21.9 Å². The summed E-state index contributed by atoms with van der Waals surface area (Å²) in [6.07, 6.45) is 1.62. The quantitative estimate of drug-likeness (QED) is 0.800. The minimum Gasteiger partial charge on any atom is -0.347 e. The molecule has 0 aliphatic rings. The van der Waals surface area contributed by atoms with Gasteiger partial charge in [0.2, 0.25) is 0 Å². The topological polar surface area (TPSA) is 66.9 Å². The Morgan fingerprint density at radius 1 is 1.32 bits per heavy atom. The molecule has 1 heterocycles. The molecule has 0 atom stereocenters. The van der Waals surface area contributed by atoms with Crippen molar-refractivity contribution in [2.75, 3.05) is 11.9 Å². The molecule has 2 rings (SSSR count). The Morgan fingerprint density at radius 2 is 2.09 bits per heavy atom. The van der Waals surface area contributed by atoms with Crippen molar-refractivity contribution in [2.45, 2.75) is 13.8 Å². The first-order valence-corrected chi connectivity index (χ1v) is 7.57. The standard InChI is InChI=1S/C16H17BrN4O/c1-4-7-18-16(22)14-9-15(20-11(3)19-14)21-12-5-6-13(17)10(2)8-12/h4-6,8-9H,1,7H2,2-3H3,(H,18,22)(H,19,20,21). The fraction of sp³-hybridized carbons (Fsp3) is 0.188. The summed E-state index contributed by atoms with van der Waals surface area (Å²) >= 11 is 3.47. The second-order valence-electron chi connectivity index (χ2n) is 4.77. The highest BCUT2D eigenvalue weighted by Gasteiger charge is 2.10. The van der Waals surface area contributed by atoms with Gasteiger partial charge < -0.3 is 10.6 Å². The predicted molar refractivity (Wildman–Crippen MR) is 91.5 cm³/mol. The molecule has 0 bridgehead atoms. The lowest BCUT2D eigenvalue weighted by atomic mass is 10.2. The molecule has 0 aliphatic carbocycles. The molecule has 0 saturated carbocycles.